The van der Waals surface area contributed by atoms with Gasteiger partial charge >= 0.3 is 0 Å². The summed E-state index contributed by atoms with van der Waals surface area (Å²) in [6.45, 7) is 5.19. The largest absolute Gasteiger partial charge is 0.451 e. The molecule has 110 valence electrons. The molecule has 1 unspecified atom stereocenters. The van der Waals surface area contributed by atoms with Crippen LogP contribution in [0.2, 0.25) is 0 Å². The Morgan fingerprint density at radius 2 is 2.15 bits per heavy atom. The minimum atomic E-state index is -0.381. The van der Waals surface area contributed by atoms with Crippen molar-refractivity contribution in [2.24, 2.45) is 0 Å². The van der Waals surface area contributed by atoms with Crippen LogP contribution in [-0.4, -0.2) is 72.8 Å². The Balaban J connectivity index is 1.55. The van der Waals surface area contributed by atoms with Crippen LogP contribution in [0.25, 0.3) is 0 Å². The van der Waals surface area contributed by atoms with E-state index in [2.05, 4.69) is 9.88 Å². The molecule has 2 aliphatic rings. The summed E-state index contributed by atoms with van der Waals surface area (Å²) in [6.07, 6.45) is 2.68. The summed E-state index contributed by atoms with van der Waals surface area (Å²) in [6, 6.07) is 0. The highest BCUT2D eigenvalue weighted by atomic mass is 16.5. The van der Waals surface area contributed by atoms with E-state index < -0.39 is 0 Å². The number of aromatic nitrogens is 1. The van der Waals surface area contributed by atoms with Gasteiger partial charge < -0.3 is 18.8 Å². The topological polar surface area (TPSA) is 68.0 Å². The van der Waals surface area contributed by atoms with Gasteiger partial charge in [-0.1, -0.05) is 0 Å². The van der Waals surface area contributed by atoms with Gasteiger partial charge in [0, 0.05) is 32.7 Å². The van der Waals surface area contributed by atoms with E-state index in [1.54, 1.807) is 6.26 Å². The molecule has 0 aliphatic carbocycles. The molecule has 7 nitrogen and oxygen atoms in total. The van der Waals surface area contributed by atoms with Crippen molar-refractivity contribution in [3.05, 3.63) is 18.4 Å². The first kappa shape index (κ1) is 13.5. The Morgan fingerprint density at radius 1 is 1.30 bits per heavy atom. The number of rotatable bonds is 3. The zero-order valence-electron chi connectivity index (χ0n) is 11.4. The molecule has 2 aliphatic heterocycles. The smallest absolute Gasteiger partial charge is 0.253 e. The molecule has 2 saturated heterocycles. The molecule has 0 bridgehead atoms. The first-order chi connectivity index (χ1) is 9.83. The average molecular weight is 281 g/mol. The predicted octanol–water partition coefficient (Wildman–Crippen LogP) is -0.266. The second-order valence-corrected chi connectivity index (χ2v) is 5.01. The van der Waals surface area contributed by atoms with E-state index in [-0.39, 0.29) is 12.0 Å². The highest BCUT2D eigenvalue weighted by Crippen LogP contribution is 2.12. The van der Waals surface area contributed by atoms with Crippen LogP contribution in [0.15, 0.2) is 17.1 Å². The fraction of sp³-hybridized carbons (Fsp3) is 0.692. The molecule has 3 heterocycles. The lowest BCUT2D eigenvalue weighted by Gasteiger charge is -2.35. The normalized spacial score (nSPS) is 24.8. The summed E-state index contributed by atoms with van der Waals surface area (Å²) in [7, 11) is 0. The molecule has 7 heteroatoms. The highest BCUT2D eigenvalue weighted by molar-refractivity contribution is 5.81. The monoisotopic (exact) mass is 281 g/mol. The summed E-state index contributed by atoms with van der Waals surface area (Å²) in [5.74, 6) is 0.0677. The first-order valence-corrected chi connectivity index (χ1v) is 6.90. The number of carbonyl (C=O) groups is 1. The number of carbonyl (C=O) groups excluding carboxylic acids is 1. The SMILES string of the molecule is O=C(C1CN(Cc2cocn2)CCO1)N1CCOCC1. The maximum Gasteiger partial charge on any atom is 0.253 e. The maximum atomic E-state index is 12.4. The fourth-order valence-electron chi connectivity index (χ4n) is 2.53. The van der Waals surface area contributed by atoms with Gasteiger partial charge in [-0.15, -0.1) is 0 Å². The number of hydrogen-bond donors (Lipinski definition) is 0. The van der Waals surface area contributed by atoms with Crippen molar-refractivity contribution in [3.63, 3.8) is 0 Å². The summed E-state index contributed by atoms with van der Waals surface area (Å²) < 4.78 is 15.9. The summed E-state index contributed by atoms with van der Waals surface area (Å²) >= 11 is 0. The lowest BCUT2D eigenvalue weighted by molar-refractivity contribution is -0.153. The average Bonchev–Trinajstić information content (AvgIpc) is 3.01. The first-order valence-electron chi connectivity index (χ1n) is 6.90. The third-order valence-corrected chi connectivity index (χ3v) is 3.62. The third-order valence-electron chi connectivity index (χ3n) is 3.62. The van der Waals surface area contributed by atoms with E-state index in [1.165, 1.54) is 6.39 Å². The van der Waals surface area contributed by atoms with Crippen LogP contribution in [0.5, 0.6) is 0 Å². The molecule has 1 aromatic rings. The van der Waals surface area contributed by atoms with Crippen LogP contribution < -0.4 is 0 Å². The molecular formula is C13H19N3O4. The van der Waals surface area contributed by atoms with E-state index in [0.29, 0.717) is 46.0 Å². The minimum Gasteiger partial charge on any atom is -0.451 e. The van der Waals surface area contributed by atoms with Crippen molar-refractivity contribution in [1.29, 1.82) is 0 Å². The molecular weight excluding hydrogens is 262 g/mol. The Morgan fingerprint density at radius 3 is 2.90 bits per heavy atom. The van der Waals surface area contributed by atoms with Crippen LogP contribution in [-0.2, 0) is 20.8 Å². The molecule has 0 N–H and O–H groups in total. The predicted molar refractivity (Wildman–Crippen MR) is 68.9 cm³/mol. The van der Waals surface area contributed by atoms with Crippen LogP contribution >= 0.6 is 0 Å². The lowest BCUT2D eigenvalue weighted by Crippen LogP contribution is -2.53. The number of oxazole rings is 1. The zero-order valence-corrected chi connectivity index (χ0v) is 11.4. The van der Waals surface area contributed by atoms with Crippen LogP contribution in [0, 0.1) is 0 Å². The third kappa shape index (κ3) is 3.17. The van der Waals surface area contributed by atoms with Crippen molar-refractivity contribution >= 4 is 5.91 Å². The fourth-order valence-corrected chi connectivity index (χ4v) is 2.53. The van der Waals surface area contributed by atoms with Gasteiger partial charge in [-0.25, -0.2) is 4.98 Å². The molecule has 1 atom stereocenters. The molecule has 1 aromatic heterocycles. The van der Waals surface area contributed by atoms with E-state index >= 15 is 0 Å². The molecule has 3 rings (SSSR count). The second kappa shape index (κ2) is 6.34. The van der Waals surface area contributed by atoms with Gasteiger partial charge in [0.1, 0.15) is 12.4 Å². The van der Waals surface area contributed by atoms with E-state index in [4.69, 9.17) is 13.9 Å². The van der Waals surface area contributed by atoms with Gasteiger partial charge in [-0.3, -0.25) is 9.69 Å². The lowest BCUT2D eigenvalue weighted by atomic mass is 10.2. The Bertz CT molecular complexity index is 431. The van der Waals surface area contributed by atoms with Crippen molar-refractivity contribution in [2.75, 3.05) is 46.0 Å². The number of hydrogen-bond acceptors (Lipinski definition) is 6. The maximum absolute atomic E-state index is 12.4. The molecule has 0 saturated carbocycles. The van der Waals surface area contributed by atoms with Gasteiger partial charge in [-0.05, 0) is 0 Å². The van der Waals surface area contributed by atoms with Gasteiger partial charge in [0.2, 0.25) is 0 Å². The molecule has 0 radical (unpaired) electrons. The summed E-state index contributed by atoms with van der Waals surface area (Å²) in [5.41, 5.74) is 0.879. The van der Waals surface area contributed by atoms with E-state index in [9.17, 15) is 4.79 Å². The van der Waals surface area contributed by atoms with Gasteiger partial charge in [0.25, 0.3) is 5.91 Å². The van der Waals surface area contributed by atoms with Gasteiger partial charge in [0.15, 0.2) is 6.39 Å². The second-order valence-electron chi connectivity index (χ2n) is 5.01. The van der Waals surface area contributed by atoms with Gasteiger partial charge in [-0.2, -0.15) is 0 Å². The Kier molecular flexibility index (Phi) is 4.29. The number of ether oxygens (including phenoxy) is 2. The minimum absolute atomic E-state index is 0.0677. The Labute approximate surface area is 117 Å². The summed E-state index contributed by atoms with van der Waals surface area (Å²) in [4.78, 5) is 20.5. The number of morpholine rings is 2. The van der Waals surface area contributed by atoms with Gasteiger partial charge in [0.05, 0.1) is 25.5 Å². The Hall–Kier alpha value is -1.44. The van der Waals surface area contributed by atoms with Crippen LogP contribution in [0.4, 0.5) is 0 Å². The van der Waals surface area contributed by atoms with E-state index in [0.717, 1.165) is 12.2 Å². The van der Waals surface area contributed by atoms with Crippen molar-refractivity contribution in [3.8, 4) is 0 Å². The van der Waals surface area contributed by atoms with E-state index in [1.807, 2.05) is 4.90 Å². The van der Waals surface area contributed by atoms with Crippen molar-refractivity contribution < 1.29 is 18.7 Å². The van der Waals surface area contributed by atoms with Crippen molar-refractivity contribution in [2.45, 2.75) is 12.6 Å². The standard InChI is InChI=1S/C13H19N3O4/c17-13(16-2-4-18-5-3-16)12-8-15(1-6-20-12)7-11-9-19-10-14-11/h9-10,12H,1-8H2. The molecule has 0 spiro atoms. The number of amides is 1. The summed E-state index contributed by atoms with van der Waals surface area (Å²) in [5, 5.41) is 0. The quantitative estimate of drug-likeness (QED) is 0.760. The molecule has 2 fully saturated rings. The van der Waals surface area contributed by atoms with Crippen LogP contribution in [0.3, 0.4) is 0 Å². The van der Waals surface area contributed by atoms with Crippen molar-refractivity contribution in [1.82, 2.24) is 14.8 Å². The number of nitrogens with zero attached hydrogens (tertiary/aromatic N) is 3. The highest BCUT2D eigenvalue weighted by Gasteiger charge is 2.31. The zero-order chi connectivity index (χ0) is 13.8. The molecule has 0 aromatic carbocycles. The molecule has 1 amide bonds. The van der Waals surface area contributed by atoms with Crippen LogP contribution in [0.1, 0.15) is 5.69 Å². The molecule has 20 heavy (non-hydrogen) atoms.